The Morgan fingerprint density at radius 1 is 1.09 bits per heavy atom. The molecule has 2 aromatic carbocycles. The van der Waals surface area contributed by atoms with E-state index in [0.717, 1.165) is 36.4 Å². The molecular weight excluding hydrogens is 518 g/mol. The normalized spacial score (nSPS) is 11.3. The second-order valence-corrected chi connectivity index (χ2v) is 10.3. The van der Waals surface area contributed by atoms with E-state index in [-0.39, 0.29) is 4.90 Å². The first-order valence-corrected chi connectivity index (χ1v) is 13.5. The topological polar surface area (TPSA) is 105 Å². The van der Waals surface area contributed by atoms with Crippen LogP contribution in [0.1, 0.15) is 38.1 Å². The first-order valence-electron chi connectivity index (χ1n) is 11.2. The third kappa shape index (κ3) is 6.68. The molecule has 0 fully saturated rings. The van der Waals surface area contributed by atoms with Gasteiger partial charge in [0.25, 0.3) is 0 Å². The number of nitrogens with zero attached hydrogens (tertiary/aromatic N) is 2. The van der Waals surface area contributed by atoms with Gasteiger partial charge in [0.1, 0.15) is 22.3 Å². The highest BCUT2D eigenvalue weighted by Gasteiger charge is 2.18. The van der Waals surface area contributed by atoms with E-state index in [1.165, 1.54) is 13.1 Å². The fourth-order valence-electron chi connectivity index (χ4n) is 3.21. The minimum atomic E-state index is -3.64. The summed E-state index contributed by atoms with van der Waals surface area (Å²) in [5.41, 5.74) is 2.40. The Kier molecular flexibility index (Phi) is 9.26. The van der Waals surface area contributed by atoms with Crippen molar-refractivity contribution in [3.8, 4) is 5.75 Å². The lowest BCUT2D eigenvalue weighted by Crippen LogP contribution is -2.19. The first-order chi connectivity index (χ1) is 16.4. The fraction of sp³-hybridized carbons (Fsp3) is 0.333. The Hall–Kier alpha value is -2.69. The van der Waals surface area contributed by atoms with Crippen LogP contribution in [0.5, 0.6) is 5.75 Å². The maximum absolute atomic E-state index is 12.4. The molecule has 0 spiro atoms. The van der Waals surface area contributed by atoms with Gasteiger partial charge in [-0.2, -0.15) is 0 Å². The maximum Gasteiger partial charge on any atom is 0.242 e. The van der Waals surface area contributed by atoms with E-state index < -0.39 is 10.0 Å². The summed E-state index contributed by atoms with van der Waals surface area (Å²) in [5.74, 6) is 1.85. The molecule has 0 bridgehead atoms. The molecule has 3 aromatic rings. The van der Waals surface area contributed by atoms with Crippen molar-refractivity contribution in [1.29, 1.82) is 0 Å². The van der Waals surface area contributed by atoms with E-state index in [2.05, 4.69) is 55.1 Å². The lowest BCUT2D eigenvalue weighted by atomic mass is 10.1. The number of hydrogen-bond donors (Lipinski definition) is 3. The van der Waals surface area contributed by atoms with Crippen molar-refractivity contribution in [2.45, 2.75) is 38.0 Å². The van der Waals surface area contributed by atoms with Gasteiger partial charge in [-0.1, -0.05) is 32.0 Å². The van der Waals surface area contributed by atoms with Gasteiger partial charge in [-0.15, -0.1) is 0 Å². The smallest absolute Gasteiger partial charge is 0.242 e. The quantitative estimate of drug-likeness (QED) is 0.290. The number of sulfonamides is 1. The van der Waals surface area contributed by atoms with Crippen LogP contribution in [0.4, 0.5) is 17.2 Å². The molecule has 3 N–H and O–H groups in total. The van der Waals surface area contributed by atoms with E-state index in [9.17, 15) is 8.42 Å². The molecule has 34 heavy (non-hydrogen) atoms. The van der Waals surface area contributed by atoms with E-state index in [4.69, 9.17) is 4.74 Å². The van der Waals surface area contributed by atoms with Crippen LogP contribution in [0.2, 0.25) is 0 Å². The summed E-state index contributed by atoms with van der Waals surface area (Å²) in [5, 5.41) is 6.52. The van der Waals surface area contributed by atoms with Crippen molar-refractivity contribution in [3.63, 3.8) is 0 Å². The molecule has 0 unspecified atom stereocenters. The number of ether oxygens (including phenoxy) is 1. The van der Waals surface area contributed by atoms with Gasteiger partial charge in [-0.25, -0.2) is 23.1 Å². The van der Waals surface area contributed by atoms with Crippen molar-refractivity contribution in [2.75, 3.05) is 30.8 Å². The predicted molar refractivity (Wildman–Crippen MR) is 140 cm³/mol. The molecule has 182 valence electrons. The number of anilines is 3. The van der Waals surface area contributed by atoms with Crippen LogP contribution in [0.25, 0.3) is 0 Å². The largest absolute Gasteiger partial charge is 0.493 e. The standard InChI is InChI=1S/C24H30BrN5O3S/c1-4-12-27-18-11-10-17(21(15-18)33-13-5-2)14-23-28-16-19(25)24(30-23)29-20-8-6-7-9-22(20)34(31,32)26-3/h6-11,15-16,26-27H,4-5,12-14H2,1-3H3,(H,28,29,30). The van der Waals surface area contributed by atoms with E-state index in [0.29, 0.717) is 34.8 Å². The van der Waals surface area contributed by atoms with E-state index >= 15 is 0 Å². The van der Waals surface area contributed by atoms with Crippen LogP contribution in [0.3, 0.4) is 0 Å². The SMILES string of the molecule is CCCNc1ccc(Cc2ncc(Br)c(Nc3ccccc3S(=O)(=O)NC)n2)c(OCCC)c1. The highest BCUT2D eigenvalue weighted by atomic mass is 79.9. The zero-order valence-corrected chi connectivity index (χ0v) is 22.0. The van der Waals surface area contributed by atoms with Crippen LogP contribution in [-0.4, -0.2) is 38.6 Å². The van der Waals surface area contributed by atoms with E-state index in [1.54, 1.807) is 24.4 Å². The van der Waals surface area contributed by atoms with Gasteiger partial charge in [0, 0.05) is 36.5 Å². The molecule has 0 radical (unpaired) electrons. The summed E-state index contributed by atoms with van der Waals surface area (Å²) in [6, 6.07) is 12.7. The lowest BCUT2D eigenvalue weighted by Gasteiger charge is -2.15. The molecule has 3 rings (SSSR count). The molecule has 0 saturated heterocycles. The monoisotopic (exact) mass is 547 g/mol. The highest BCUT2D eigenvalue weighted by molar-refractivity contribution is 9.10. The summed E-state index contributed by atoms with van der Waals surface area (Å²) in [6.07, 6.45) is 4.06. The Labute approximate surface area is 209 Å². The third-order valence-electron chi connectivity index (χ3n) is 4.95. The minimum Gasteiger partial charge on any atom is -0.493 e. The Morgan fingerprint density at radius 2 is 1.88 bits per heavy atom. The molecule has 1 heterocycles. The van der Waals surface area contributed by atoms with Crippen LogP contribution in [0.15, 0.2) is 58.0 Å². The van der Waals surface area contributed by atoms with Crippen LogP contribution >= 0.6 is 15.9 Å². The van der Waals surface area contributed by atoms with Gasteiger partial charge < -0.3 is 15.4 Å². The van der Waals surface area contributed by atoms with Crippen LogP contribution in [0, 0.1) is 0 Å². The Balaban J connectivity index is 1.89. The number of aromatic nitrogens is 2. The summed E-state index contributed by atoms with van der Waals surface area (Å²) in [6.45, 7) is 5.71. The van der Waals surface area contributed by atoms with Gasteiger partial charge in [-0.05, 0) is 54.0 Å². The van der Waals surface area contributed by atoms with Crippen molar-refractivity contribution >= 4 is 43.1 Å². The van der Waals surface area contributed by atoms with Gasteiger partial charge >= 0.3 is 0 Å². The molecule has 0 aliphatic rings. The lowest BCUT2D eigenvalue weighted by molar-refractivity contribution is 0.314. The fourth-order valence-corrected chi connectivity index (χ4v) is 4.39. The molecule has 1 aromatic heterocycles. The Morgan fingerprint density at radius 3 is 2.62 bits per heavy atom. The average Bonchev–Trinajstić information content (AvgIpc) is 2.84. The summed E-state index contributed by atoms with van der Waals surface area (Å²) >= 11 is 3.46. The predicted octanol–water partition coefficient (Wildman–Crippen LogP) is 5.09. The van der Waals surface area contributed by atoms with Crippen LogP contribution in [-0.2, 0) is 16.4 Å². The molecule has 0 aliphatic carbocycles. The zero-order valence-electron chi connectivity index (χ0n) is 19.6. The summed E-state index contributed by atoms with van der Waals surface area (Å²) in [4.78, 5) is 9.24. The average molecular weight is 549 g/mol. The number of benzene rings is 2. The maximum atomic E-state index is 12.4. The number of nitrogens with one attached hydrogen (secondary N) is 3. The number of hydrogen-bond acceptors (Lipinski definition) is 7. The summed E-state index contributed by atoms with van der Waals surface area (Å²) < 4.78 is 33.8. The van der Waals surface area contributed by atoms with Gasteiger partial charge in [0.15, 0.2) is 0 Å². The Bertz CT molecular complexity index is 1220. The van der Waals surface area contributed by atoms with E-state index in [1.807, 2.05) is 18.2 Å². The molecule has 0 saturated carbocycles. The zero-order chi connectivity index (χ0) is 24.6. The molecule has 0 aliphatic heterocycles. The molecule has 0 amide bonds. The second-order valence-electron chi connectivity index (χ2n) is 7.59. The van der Waals surface area contributed by atoms with Crippen molar-refractivity contribution < 1.29 is 13.2 Å². The van der Waals surface area contributed by atoms with Crippen LogP contribution < -0.4 is 20.1 Å². The van der Waals surface area contributed by atoms with Gasteiger partial charge in [-0.3, -0.25) is 0 Å². The minimum absolute atomic E-state index is 0.134. The molecular formula is C24H30BrN5O3S. The highest BCUT2D eigenvalue weighted by Crippen LogP contribution is 2.30. The molecule has 0 atom stereocenters. The van der Waals surface area contributed by atoms with Crippen molar-refractivity contribution in [2.24, 2.45) is 0 Å². The molecule has 10 heteroatoms. The number of rotatable bonds is 12. The van der Waals surface area contributed by atoms with Crippen molar-refractivity contribution in [3.05, 3.63) is 64.5 Å². The second kappa shape index (κ2) is 12.1. The number of halogens is 1. The van der Waals surface area contributed by atoms with Gasteiger partial charge in [0.2, 0.25) is 10.0 Å². The van der Waals surface area contributed by atoms with Crippen molar-refractivity contribution in [1.82, 2.24) is 14.7 Å². The first kappa shape index (κ1) is 25.9. The number of para-hydroxylation sites is 1. The summed E-state index contributed by atoms with van der Waals surface area (Å²) in [7, 11) is -2.26. The third-order valence-corrected chi connectivity index (χ3v) is 7.00. The molecule has 8 nitrogen and oxygen atoms in total. The van der Waals surface area contributed by atoms with Gasteiger partial charge in [0.05, 0.1) is 16.8 Å².